The summed E-state index contributed by atoms with van der Waals surface area (Å²) in [7, 11) is 0. The van der Waals surface area contributed by atoms with Gasteiger partial charge in [0.05, 0.1) is 0 Å². The van der Waals surface area contributed by atoms with E-state index in [0.717, 1.165) is 25.7 Å². The van der Waals surface area contributed by atoms with E-state index in [0.29, 0.717) is 5.38 Å². The first-order valence-electron chi connectivity index (χ1n) is 6.27. The third-order valence-electron chi connectivity index (χ3n) is 3.10. The summed E-state index contributed by atoms with van der Waals surface area (Å²) in [5.74, 6) is 0. The van der Waals surface area contributed by atoms with Crippen molar-refractivity contribution in [3.63, 3.8) is 0 Å². The summed E-state index contributed by atoms with van der Waals surface area (Å²) in [6.45, 7) is 2.18. The number of nitrogens with zero attached hydrogens (tertiary/aromatic N) is 1. The monoisotopic (exact) mass is 247 g/mol. The van der Waals surface area contributed by atoms with Crippen LogP contribution in [-0.2, 0) is 6.42 Å². The van der Waals surface area contributed by atoms with Crippen LogP contribution in [0, 0.1) is 0 Å². The van der Waals surface area contributed by atoms with Gasteiger partial charge in [0.1, 0.15) is 0 Å². The Balaban J connectivity index is 2.13. The predicted molar refractivity (Wildman–Crippen MR) is 74.6 cm³/mol. The zero-order valence-corrected chi connectivity index (χ0v) is 11.0. The fraction of sp³-hybridized carbons (Fsp3) is 0.400. The first-order valence-corrected chi connectivity index (χ1v) is 6.70. The van der Waals surface area contributed by atoms with Gasteiger partial charge in [-0.05, 0) is 36.3 Å². The molecule has 0 saturated carbocycles. The predicted octanol–water partition coefficient (Wildman–Crippen LogP) is 4.57. The van der Waals surface area contributed by atoms with Crippen LogP contribution in [0.4, 0.5) is 0 Å². The van der Waals surface area contributed by atoms with Crippen LogP contribution in [0.5, 0.6) is 0 Å². The molecular formula is C15H18ClN. The van der Waals surface area contributed by atoms with Crippen LogP contribution in [0.3, 0.4) is 0 Å². The van der Waals surface area contributed by atoms with E-state index in [-0.39, 0.29) is 0 Å². The van der Waals surface area contributed by atoms with Gasteiger partial charge in [0, 0.05) is 23.2 Å². The molecule has 17 heavy (non-hydrogen) atoms. The van der Waals surface area contributed by atoms with E-state index in [1.54, 1.807) is 0 Å². The largest absolute Gasteiger partial charge is 0.264 e. The maximum Gasteiger partial charge on any atom is 0.0349 e. The molecule has 2 aromatic rings. The molecule has 0 amide bonds. The number of rotatable bonds is 5. The van der Waals surface area contributed by atoms with Gasteiger partial charge >= 0.3 is 0 Å². The smallest absolute Gasteiger partial charge is 0.0349 e. The van der Waals surface area contributed by atoms with Gasteiger partial charge in [0.15, 0.2) is 0 Å². The quantitative estimate of drug-likeness (QED) is 0.705. The van der Waals surface area contributed by atoms with Gasteiger partial charge < -0.3 is 0 Å². The molecule has 0 radical (unpaired) electrons. The van der Waals surface area contributed by atoms with E-state index < -0.39 is 0 Å². The van der Waals surface area contributed by atoms with Crippen LogP contribution in [0.2, 0.25) is 0 Å². The van der Waals surface area contributed by atoms with Gasteiger partial charge in [-0.25, -0.2) is 0 Å². The van der Waals surface area contributed by atoms with E-state index in [9.17, 15) is 0 Å². The molecule has 1 nitrogen and oxygen atoms in total. The minimum absolute atomic E-state index is 0.298. The molecule has 0 fully saturated rings. The fourth-order valence-electron chi connectivity index (χ4n) is 2.16. The fourth-order valence-corrected chi connectivity index (χ4v) is 2.49. The lowest BCUT2D eigenvalue weighted by Crippen LogP contribution is -2.00. The second-order valence-corrected chi connectivity index (χ2v) is 5.06. The summed E-state index contributed by atoms with van der Waals surface area (Å²) in [5, 5.41) is 2.82. The number of aromatic nitrogens is 1. The number of halogens is 1. The van der Waals surface area contributed by atoms with Crippen molar-refractivity contribution in [2.75, 3.05) is 0 Å². The summed E-state index contributed by atoms with van der Waals surface area (Å²) in [6, 6.07) is 8.48. The van der Waals surface area contributed by atoms with Gasteiger partial charge in [-0.3, -0.25) is 4.98 Å². The van der Waals surface area contributed by atoms with Crippen molar-refractivity contribution >= 4 is 22.4 Å². The lowest BCUT2D eigenvalue weighted by atomic mass is 10.0. The maximum atomic E-state index is 6.27. The number of hydrogen-bond donors (Lipinski definition) is 0. The highest BCUT2D eigenvalue weighted by atomic mass is 35.5. The molecule has 0 saturated heterocycles. The summed E-state index contributed by atoms with van der Waals surface area (Å²) >= 11 is 6.27. The van der Waals surface area contributed by atoms with Crippen molar-refractivity contribution in [2.45, 2.75) is 38.0 Å². The third-order valence-corrected chi connectivity index (χ3v) is 3.54. The van der Waals surface area contributed by atoms with Crippen LogP contribution >= 0.6 is 11.6 Å². The summed E-state index contributed by atoms with van der Waals surface area (Å²) in [4.78, 5) is 4.20. The second-order valence-electron chi connectivity index (χ2n) is 4.44. The van der Waals surface area contributed by atoms with E-state index in [1.807, 2.05) is 12.4 Å². The van der Waals surface area contributed by atoms with E-state index in [1.165, 1.54) is 16.3 Å². The highest BCUT2D eigenvalue weighted by Gasteiger charge is 2.06. The van der Waals surface area contributed by atoms with Crippen LogP contribution in [0.1, 0.15) is 31.7 Å². The minimum atomic E-state index is 0.298. The highest BCUT2D eigenvalue weighted by molar-refractivity contribution is 6.20. The first kappa shape index (κ1) is 12.4. The molecule has 2 rings (SSSR count). The Bertz CT molecular complexity index is 476. The number of aryl methyl sites for hydroxylation is 1. The molecule has 0 aliphatic heterocycles. The summed E-state index contributed by atoms with van der Waals surface area (Å²) in [6.07, 6.45) is 8.14. The van der Waals surface area contributed by atoms with Crippen molar-refractivity contribution in [1.29, 1.82) is 0 Å². The van der Waals surface area contributed by atoms with Crippen molar-refractivity contribution in [2.24, 2.45) is 0 Å². The number of fused-ring (bicyclic) bond motifs is 1. The van der Waals surface area contributed by atoms with Gasteiger partial charge in [0.25, 0.3) is 0 Å². The minimum Gasteiger partial charge on any atom is -0.264 e. The molecule has 2 heteroatoms. The SMILES string of the molecule is CCCC(Cl)CCc1cccc2ccncc12. The van der Waals surface area contributed by atoms with Gasteiger partial charge in [-0.15, -0.1) is 11.6 Å². The molecule has 0 aliphatic carbocycles. The molecule has 0 N–H and O–H groups in total. The molecule has 1 heterocycles. The second kappa shape index (κ2) is 6.02. The molecular weight excluding hydrogens is 230 g/mol. The van der Waals surface area contributed by atoms with Crippen molar-refractivity contribution in [3.05, 3.63) is 42.2 Å². The Labute approximate surface area is 108 Å². The summed E-state index contributed by atoms with van der Waals surface area (Å²) in [5.41, 5.74) is 1.36. The van der Waals surface area contributed by atoms with E-state index in [2.05, 4.69) is 36.2 Å². The Morgan fingerprint density at radius 3 is 2.94 bits per heavy atom. The highest BCUT2D eigenvalue weighted by Crippen LogP contribution is 2.21. The molecule has 0 spiro atoms. The first-order chi connectivity index (χ1) is 8.31. The zero-order valence-electron chi connectivity index (χ0n) is 10.2. The average Bonchev–Trinajstić information content (AvgIpc) is 2.36. The topological polar surface area (TPSA) is 12.9 Å². The van der Waals surface area contributed by atoms with Gasteiger partial charge in [0.2, 0.25) is 0 Å². The number of pyridine rings is 1. The maximum absolute atomic E-state index is 6.27. The molecule has 90 valence electrons. The van der Waals surface area contributed by atoms with E-state index in [4.69, 9.17) is 11.6 Å². The Hall–Kier alpha value is -1.08. The van der Waals surface area contributed by atoms with Crippen molar-refractivity contribution in [1.82, 2.24) is 4.98 Å². The number of hydrogen-bond acceptors (Lipinski definition) is 1. The number of benzene rings is 1. The standard InChI is InChI=1S/C15H18ClN/c1-2-4-14(16)8-7-12-5-3-6-13-9-10-17-11-15(12)13/h3,5-6,9-11,14H,2,4,7-8H2,1H3. The number of alkyl halides is 1. The van der Waals surface area contributed by atoms with Crippen molar-refractivity contribution < 1.29 is 0 Å². The molecule has 1 aromatic heterocycles. The van der Waals surface area contributed by atoms with Crippen LogP contribution in [-0.4, -0.2) is 10.4 Å². The normalized spacial score (nSPS) is 12.8. The van der Waals surface area contributed by atoms with Crippen LogP contribution in [0.15, 0.2) is 36.7 Å². The molecule has 1 atom stereocenters. The van der Waals surface area contributed by atoms with Gasteiger partial charge in [-0.1, -0.05) is 31.5 Å². The summed E-state index contributed by atoms with van der Waals surface area (Å²) < 4.78 is 0. The van der Waals surface area contributed by atoms with Crippen molar-refractivity contribution in [3.8, 4) is 0 Å². The van der Waals surface area contributed by atoms with Gasteiger partial charge in [-0.2, -0.15) is 0 Å². The average molecular weight is 248 g/mol. The lowest BCUT2D eigenvalue weighted by molar-refractivity contribution is 0.677. The van der Waals surface area contributed by atoms with Crippen LogP contribution in [0.25, 0.3) is 10.8 Å². The lowest BCUT2D eigenvalue weighted by Gasteiger charge is -2.09. The molecule has 1 aromatic carbocycles. The Morgan fingerprint density at radius 1 is 1.24 bits per heavy atom. The molecule has 0 bridgehead atoms. The third kappa shape index (κ3) is 3.19. The molecule has 0 aliphatic rings. The Morgan fingerprint density at radius 2 is 2.12 bits per heavy atom. The van der Waals surface area contributed by atoms with Crippen LogP contribution < -0.4 is 0 Å². The zero-order chi connectivity index (χ0) is 12.1. The molecule has 1 unspecified atom stereocenters. The van der Waals surface area contributed by atoms with E-state index >= 15 is 0 Å². The Kier molecular flexibility index (Phi) is 4.38.